The first-order valence-electron chi connectivity index (χ1n) is 7.74. The number of para-hydroxylation sites is 1. The molecule has 6 heteroatoms. The molecule has 2 aromatic rings. The van der Waals surface area contributed by atoms with Gasteiger partial charge >= 0.3 is 5.97 Å². The van der Waals surface area contributed by atoms with Gasteiger partial charge in [-0.15, -0.1) is 11.3 Å². The minimum Gasteiger partial charge on any atom is -0.462 e. The summed E-state index contributed by atoms with van der Waals surface area (Å²) >= 11 is 1.53. The number of amides is 1. The predicted molar refractivity (Wildman–Crippen MR) is 96.3 cm³/mol. The van der Waals surface area contributed by atoms with Crippen molar-refractivity contribution in [3.8, 4) is 0 Å². The van der Waals surface area contributed by atoms with Crippen LogP contribution in [0.2, 0.25) is 0 Å². The molecular weight excluding hydrogens is 324 g/mol. The van der Waals surface area contributed by atoms with Gasteiger partial charge in [-0.1, -0.05) is 12.1 Å². The van der Waals surface area contributed by atoms with Gasteiger partial charge in [0, 0.05) is 18.0 Å². The fraction of sp³-hybridized carbons (Fsp3) is 0.278. The van der Waals surface area contributed by atoms with Crippen LogP contribution in [-0.4, -0.2) is 30.0 Å². The molecule has 0 N–H and O–H groups in total. The number of esters is 1. The molecule has 1 amide bonds. The molecule has 0 radical (unpaired) electrons. The van der Waals surface area contributed by atoms with E-state index in [4.69, 9.17) is 4.74 Å². The minimum atomic E-state index is -0.432. The maximum Gasteiger partial charge on any atom is 0.340 e. The van der Waals surface area contributed by atoms with Gasteiger partial charge < -0.3 is 9.64 Å². The highest BCUT2D eigenvalue weighted by molar-refractivity contribution is 7.09. The molecule has 0 saturated heterocycles. The summed E-state index contributed by atoms with van der Waals surface area (Å²) in [5.41, 5.74) is 1.68. The Morgan fingerprint density at radius 1 is 1.29 bits per heavy atom. The minimum absolute atomic E-state index is 0.208. The summed E-state index contributed by atoms with van der Waals surface area (Å²) < 4.78 is 5.07. The SMILES string of the molecule is CCOC(=O)c1ccccc1N(CC)C(=O)C=Cc1csc(C)n1. The molecule has 0 aliphatic carbocycles. The van der Waals surface area contributed by atoms with Gasteiger partial charge in [0.05, 0.1) is 28.6 Å². The molecule has 5 nitrogen and oxygen atoms in total. The molecule has 0 fully saturated rings. The van der Waals surface area contributed by atoms with Gasteiger partial charge in [-0.3, -0.25) is 4.79 Å². The third-order valence-electron chi connectivity index (χ3n) is 3.31. The van der Waals surface area contributed by atoms with E-state index >= 15 is 0 Å². The Morgan fingerprint density at radius 2 is 2.04 bits per heavy atom. The van der Waals surface area contributed by atoms with E-state index in [0.717, 1.165) is 10.7 Å². The summed E-state index contributed by atoms with van der Waals surface area (Å²) in [5, 5.41) is 2.84. The monoisotopic (exact) mass is 344 g/mol. The van der Waals surface area contributed by atoms with Crippen molar-refractivity contribution >= 4 is 35.0 Å². The van der Waals surface area contributed by atoms with Crippen molar-refractivity contribution in [3.63, 3.8) is 0 Å². The summed E-state index contributed by atoms with van der Waals surface area (Å²) in [6.07, 6.45) is 3.15. The second-order valence-corrected chi connectivity index (χ2v) is 6.01. The number of anilines is 1. The van der Waals surface area contributed by atoms with Gasteiger partial charge in [0.15, 0.2) is 0 Å². The lowest BCUT2D eigenvalue weighted by Crippen LogP contribution is -2.30. The molecule has 24 heavy (non-hydrogen) atoms. The average molecular weight is 344 g/mol. The van der Waals surface area contributed by atoms with Crippen LogP contribution in [0, 0.1) is 6.92 Å². The lowest BCUT2D eigenvalue weighted by atomic mass is 10.1. The van der Waals surface area contributed by atoms with E-state index in [2.05, 4.69) is 4.98 Å². The lowest BCUT2D eigenvalue weighted by molar-refractivity contribution is -0.114. The number of carbonyl (C=O) groups is 2. The Kier molecular flexibility index (Phi) is 6.26. The van der Waals surface area contributed by atoms with Crippen LogP contribution in [0.3, 0.4) is 0 Å². The van der Waals surface area contributed by atoms with Gasteiger partial charge in [0.25, 0.3) is 5.91 Å². The first-order valence-corrected chi connectivity index (χ1v) is 8.62. The smallest absolute Gasteiger partial charge is 0.340 e. The molecule has 0 aliphatic rings. The van der Waals surface area contributed by atoms with E-state index < -0.39 is 5.97 Å². The van der Waals surface area contributed by atoms with E-state index in [1.807, 2.05) is 19.2 Å². The Hall–Kier alpha value is -2.47. The number of carbonyl (C=O) groups excluding carboxylic acids is 2. The largest absolute Gasteiger partial charge is 0.462 e. The Bertz CT molecular complexity index is 752. The molecule has 126 valence electrons. The second kappa shape index (κ2) is 8.40. The Balaban J connectivity index is 2.26. The zero-order chi connectivity index (χ0) is 17.5. The molecule has 0 unspecified atom stereocenters. The van der Waals surface area contributed by atoms with Crippen molar-refractivity contribution in [2.75, 3.05) is 18.1 Å². The summed E-state index contributed by atoms with van der Waals surface area (Å²) in [6.45, 7) is 6.26. The highest BCUT2D eigenvalue weighted by Gasteiger charge is 2.19. The van der Waals surface area contributed by atoms with E-state index in [1.54, 1.807) is 42.2 Å². The van der Waals surface area contributed by atoms with E-state index in [9.17, 15) is 9.59 Å². The van der Waals surface area contributed by atoms with Crippen LogP contribution in [0.4, 0.5) is 5.69 Å². The fourth-order valence-electron chi connectivity index (χ4n) is 2.24. The molecular formula is C18H20N2O3S. The van der Waals surface area contributed by atoms with Crippen molar-refractivity contribution in [1.82, 2.24) is 4.98 Å². The standard InChI is InChI=1S/C18H20N2O3S/c1-4-20(17(21)11-10-14-12-24-13(3)19-14)16-9-7-6-8-15(16)18(22)23-5-2/h6-12H,4-5H2,1-3H3. The normalized spacial score (nSPS) is 10.8. The lowest BCUT2D eigenvalue weighted by Gasteiger charge is -2.21. The highest BCUT2D eigenvalue weighted by atomic mass is 32.1. The maximum atomic E-state index is 12.6. The molecule has 0 bridgehead atoms. The van der Waals surface area contributed by atoms with Crippen LogP contribution >= 0.6 is 11.3 Å². The number of thiazole rings is 1. The summed E-state index contributed by atoms with van der Waals surface area (Å²) in [7, 11) is 0. The molecule has 1 heterocycles. The second-order valence-electron chi connectivity index (χ2n) is 4.94. The van der Waals surface area contributed by atoms with E-state index in [-0.39, 0.29) is 12.5 Å². The third kappa shape index (κ3) is 4.29. The van der Waals surface area contributed by atoms with Gasteiger partial charge in [0.2, 0.25) is 0 Å². The van der Waals surface area contributed by atoms with Crippen molar-refractivity contribution < 1.29 is 14.3 Å². The molecule has 1 aromatic carbocycles. The number of ether oxygens (including phenoxy) is 1. The number of rotatable bonds is 6. The molecule has 0 aliphatic heterocycles. The van der Waals surface area contributed by atoms with Crippen molar-refractivity contribution in [2.45, 2.75) is 20.8 Å². The average Bonchev–Trinajstić information content (AvgIpc) is 3.00. The van der Waals surface area contributed by atoms with Crippen LogP contribution in [-0.2, 0) is 9.53 Å². The third-order valence-corrected chi connectivity index (χ3v) is 4.10. The number of hydrogen-bond donors (Lipinski definition) is 0. The Morgan fingerprint density at radius 3 is 2.67 bits per heavy atom. The number of benzene rings is 1. The summed E-state index contributed by atoms with van der Waals surface area (Å²) in [6, 6.07) is 6.95. The fourth-order valence-corrected chi connectivity index (χ4v) is 2.82. The zero-order valence-electron chi connectivity index (χ0n) is 14.0. The summed E-state index contributed by atoms with van der Waals surface area (Å²) in [5.74, 6) is -0.640. The van der Waals surface area contributed by atoms with Crippen LogP contribution in [0.25, 0.3) is 6.08 Å². The van der Waals surface area contributed by atoms with Crippen molar-refractivity contribution in [2.24, 2.45) is 0 Å². The van der Waals surface area contributed by atoms with Gasteiger partial charge in [-0.05, 0) is 39.0 Å². The molecule has 0 saturated carbocycles. The summed E-state index contributed by atoms with van der Waals surface area (Å²) in [4.78, 5) is 30.5. The number of likely N-dealkylation sites (N-methyl/N-ethyl adjacent to an activating group) is 1. The van der Waals surface area contributed by atoms with Crippen molar-refractivity contribution in [1.29, 1.82) is 0 Å². The van der Waals surface area contributed by atoms with E-state index in [1.165, 1.54) is 17.4 Å². The highest BCUT2D eigenvalue weighted by Crippen LogP contribution is 2.22. The van der Waals surface area contributed by atoms with Crippen molar-refractivity contribution in [3.05, 3.63) is 52.0 Å². The van der Waals surface area contributed by atoms with Gasteiger partial charge in [0.1, 0.15) is 0 Å². The number of nitrogens with zero attached hydrogens (tertiary/aromatic N) is 2. The molecule has 0 atom stereocenters. The Labute approximate surface area is 145 Å². The quantitative estimate of drug-likeness (QED) is 0.592. The molecule has 0 spiro atoms. The zero-order valence-corrected chi connectivity index (χ0v) is 14.8. The van der Waals surface area contributed by atoms with Crippen LogP contribution in [0.15, 0.2) is 35.7 Å². The maximum absolute atomic E-state index is 12.6. The number of aromatic nitrogens is 1. The first-order chi connectivity index (χ1) is 11.6. The molecule has 1 aromatic heterocycles. The van der Waals surface area contributed by atoms with Gasteiger partial charge in [-0.2, -0.15) is 0 Å². The predicted octanol–water partition coefficient (Wildman–Crippen LogP) is 3.69. The molecule has 2 rings (SSSR count). The van der Waals surface area contributed by atoms with Crippen LogP contribution < -0.4 is 4.90 Å². The van der Waals surface area contributed by atoms with Gasteiger partial charge in [-0.25, -0.2) is 9.78 Å². The van der Waals surface area contributed by atoms with Crippen LogP contribution in [0.5, 0.6) is 0 Å². The van der Waals surface area contributed by atoms with Crippen LogP contribution in [0.1, 0.15) is 34.9 Å². The number of aryl methyl sites for hydroxylation is 1. The van der Waals surface area contributed by atoms with E-state index in [0.29, 0.717) is 17.8 Å². The first kappa shape index (κ1) is 17.9. The number of hydrogen-bond acceptors (Lipinski definition) is 5. The topological polar surface area (TPSA) is 59.5 Å².